The first-order valence-corrected chi connectivity index (χ1v) is 5.46. The van der Waals surface area contributed by atoms with Crippen LogP contribution in [0.1, 0.15) is 18.4 Å². The van der Waals surface area contributed by atoms with Crippen LogP contribution in [-0.4, -0.2) is 17.0 Å². The van der Waals surface area contributed by atoms with E-state index in [-0.39, 0.29) is 23.6 Å². The smallest absolute Gasteiger partial charge is 0.416 e. The molecule has 104 valence electrons. The maximum atomic E-state index is 12.4. The number of carbonyl (C=O) groups is 2. The van der Waals surface area contributed by atoms with Gasteiger partial charge in [-0.25, -0.2) is 0 Å². The Balaban J connectivity index is 2.75. The van der Waals surface area contributed by atoms with E-state index in [2.05, 4.69) is 5.32 Å². The average molecular weight is 296 g/mol. The van der Waals surface area contributed by atoms with Gasteiger partial charge in [-0.1, -0.05) is 11.6 Å². The summed E-state index contributed by atoms with van der Waals surface area (Å²) in [5, 5.41) is 10.4. The highest BCUT2D eigenvalue weighted by Crippen LogP contribution is 2.33. The molecule has 0 unspecified atom stereocenters. The first kappa shape index (κ1) is 15.3. The van der Waals surface area contributed by atoms with Gasteiger partial charge in [0, 0.05) is 6.42 Å². The molecule has 0 spiro atoms. The number of hydrogen-bond acceptors (Lipinski definition) is 2. The number of alkyl halides is 3. The standard InChI is InChI=1S/C11H9ClF3NO3/c12-7-5-6(11(13,14)15)1-2-8(7)16-9(17)3-4-10(18)19/h1-2,5H,3-4H2,(H,16,17)(H,18,19). The van der Waals surface area contributed by atoms with Crippen molar-refractivity contribution in [3.8, 4) is 0 Å². The summed E-state index contributed by atoms with van der Waals surface area (Å²) >= 11 is 5.61. The second kappa shape index (κ2) is 5.92. The van der Waals surface area contributed by atoms with E-state index in [1.807, 2.05) is 0 Å². The van der Waals surface area contributed by atoms with Crippen molar-refractivity contribution in [1.29, 1.82) is 0 Å². The average Bonchev–Trinajstić information content (AvgIpc) is 2.27. The van der Waals surface area contributed by atoms with Gasteiger partial charge in [0.25, 0.3) is 0 Å². The van der Waals surface area contributed by atoms with Gasteiger partial charge in [-0.2, -0.15) is 13.2 Å². The molecule has 0 saturated heterocycles. The minimum atomic E-state index is -4.52. The third-order valence-electron chi connectivity index (χ3n) is 2.14. The lowest BCUT2D eigenvalue weighted by Gasteiger charge is -2.10. The molecule has 0 heterocycles. The summed E-state index contributed by atoms with van der Waals surface area (Å²) in [6.07, 6.45) is -5.17. The number of halogens is 4. The summed E-state index contributed by atoms with van der Waals surface area (Å²) in [6.45, 7) is 0. The van der Waals surface area contributed by atoms with Crippen LogP contribution >= 0.6 is 11.6 Å². The Hall–Kier alpha value is -1.76. The summed E-state index contributed by atoms with van der Waals surface area (Å²) in [4.78, 5) is 21.5. The van der Waals surface area contributed by atoms with Gasteiger partial charge in [-0.05, 0) is 18.2 Å². The molecule has 1 amide bonds. The van der Waals surface area contributed by atoms with E-state index >= 15 is 0 Å². The lowest BCUT2D eigenvalue weighted by molar-refractivity contribution is -0.138. The van der Waals surface area contributed by atoms with Gasteiger partial charge in [0.15, 0.2) is 0 Å². The Labute approximate surface area is 111 Å². The third kappa shape index (κ3) is 4.78. The highest BCUT2D eigenvalue weighted by Gasteiger charge is 2.30. The summed E-state index contributed by atoms with van der Waals surface area (Å²) in [5.41, 5.74) is -0.925. The van der Waals surface area contributed by atoms with Gasteiger partial charge in [0.05, 0.1) is 22.7 Å². The molecule has 0 bridgehead atoms. The van der Waals surface area contributed by atoms with Crippen LogP contribution in [0, 0.1) is 0 Å². The number of carboxylic acids is 1. The molecule has 8 heteroatoms. The summed E-state index contributed by atoms with van der Waals surface area (Å²) in [6, 6.07) is 2.48. The number of nitrogens with one attached hydrogen (secondary N) is 1. The number of amides is 1. The van der Waals surface area contributed by atoms with Gasteiger partial charge < -0.3 is 10.4 Å². The largest absolute Gasteiger partial charge is 0.481 e. The Bertz CT molecular complexity index is 502. The Morgan fingerprint density at radius 1 is 1.26 bits per heavy atom. The van der Waals surface area contributed by atoms with Gasteiger partial charge in [0.1, 0.15) is 0 Å². The minimum Gasteiger partial charge on any atom is -0.481 e. The van der Waals surface area contributed by atoms with Crippen LogP contribution in [0.3, 0.4) is 0 Å². The molecule has 0 saturated carbocycles. The second-order valence-electron chi connectivity index (χ2n) is 3.63. The van der Waals surface area contributed by atoms with Crippen molar-refractivity contribution in [2.24, 2.45) is 0 Å². The molecule has 0 fully saturated rings. The molecule has 2 N–H and O–H groups in total. The zero-order valence-corrected chi connectivity index (χ0v) is 10.2. The zero-order chi connectivity index (χ0) is 14.6. The van der Waals surface area contributed by atoms with Crippen molar-refractivity contribution < 1.29 is 27.9 Å². The predicted octanol–water partition coefficient (Wildman–Crippen LogP) is 3.16. The van der Waals surface area contributed by atoms with Crippen LogP contribution in [-0.2, 0) is 15.8 Å². The Morgan fingerprint density at radius 2 is 1.89 bits per heavy atom. The van der Waals surface area contributed by atoms with E-state index < -0.39 is 23.6 Å². The Kier molecular flexibility index (Phi) is 4.77. The van der Waals surface area contributed by atoms with Crippen LogP contribution < -0.4 is 5.32 Å². The lowest BCUT2D eigenvalue weighted by atomic mass is 10.2. The van der Waals surface area contributed by atoms with Gasteiger partial charge in [0.2, 0.25) is 5.91 Å². The highest BCUT2D eigenvalue weighted by molar-refractivity contribution is 6.33. The maximum Gasteiger partial charge on any atom is 0.416 e. The van der Waals surface area contributed by atoms with E-state index in [1.165, 1.54) is 0 Å². The lowest BCUT2D eigenvalue weighted by Crippen LogP contribution is -2.14. The molecule has 4 nitrogen and oxygen atoms in total. The van der Waals surface area contributed by atoms with Gasteiger partial charge in [-0.15, -0.1) is 0 Å². The van der Waals surface area contributed by atoms with Crippen LogP contribution in [0.25, 0.3) is 0 Å². The Morgan fingerprint density at radius 3 is 2.37 bits per heavy atom. The van der Waals surface area contributed by atoms with Crippen molar-refractivity contribution in [2.75, 3.05) is 5.32 Å². The fraction of sp³-hybridized carbons (Fsp3) is 0.273. The highest BCUT2D eigenvalue weighted by atomic mass is 35.5. The first-order chi connectivity index (χ1) is 8.70. The fourth-order valence-corrected chi connectivity index (χ4v) is 1.45. The van der Waals surface area contributed by atoms with Crippen molar-refractivity contribution in [2.45, 2.75) is 19.0 Å². The molecular formula is C11H9ClF3NO3. The molecule has 0 aromatic heterocycles. The number of hydrogen-bond donors (Lipinski definition) is 2. The molecule has 0 atom stereocenters. The molecule has 19 heavy (non-hydrogen) atoms. The monoisotopic (exact) mass is 295 g/mol. The predicted molar refractivity (Wildman–Crippen MR) is 62.0 cm³/mol. The number of carboxylic acid groups (broad SMARTS) is 1. The molecule has 0 aliphatic heterocycles. The van der Waals surface area contributed by atoms with Crippen molar-refractivity contribution >= 4 is 29.2 Å². The van der Waals surface area contributed by atoms with Crippen LogP contribution in [0.2, 0.25) is 5.02 Å². The van der Waals surface area contributed by atoms with E-state index in [0.717, 1.165) is 12.1 Å². The van der Waals surface area contributed by atoms with Crippen LogP contribution in [0.5, 0.6) is 0 Å². The van der Waals surface area contributed by atoms with Gasteiger partial charge >= 0.3 is 12.1 Å². The quantitative estimate of drug-likeness (QED) is 0.896. The number of rotatable bonds is 4. The van der Waals surface area contributed by atoms with E-state index in [4.69, 9.17) is 16.7 Å². The van der Waals surface area contributed by atoms with Crippen LogP contribution in [0.4, 0.5) is 18.9 Å². The molecule has 1 aromatic rings. The molecule has 0 aliphatic carbocycles. The van der Waals surface area contributed by atoms with E-state index in [9.17, 15) is 22.8 Å². The number of carbonyl (C=O) groups excluding carboxylic acids is 1. The third-order valence-corrected chi connectivity index (χ3v) is 2.45. The second-order valence-corrected chi connectivity index (χ2v) is 4.04. The fourth-order valence-electron chi connectivity index (χ4n) is 1.23. The SMILES string of the molecule is O=C(O)CCC(=O)Nc1ccc(C(F)(F)F)cc1Cl. The van der Waals surface area contributed by atoms with Gasteiger partial charge in [-0.3, -0.25) is 9.59 Å². The number of aliphatic carboxylic acids is 1. The van der Waals surface area contributed by atoms with E-state index in [1.54, 1.807) is 0 Å². The van der Waals surface area contributed by atoms with Crippen molar-refractivity contribution in [3.63, 3.8) is 0 Å². The van der Waals surface area contributed by atoms with Crippen LogP contribution in [0.15, 0.2) is 18.2 Å². The maximum absolute atomic E-state index is 12.4. The minimum absolute atomic E-state index is 0.00468. The molecule has 0 radical (unpaired) electrons. The topological polar surface area (TPSA) is 66.4 Å². The van der Waals surface area contributed by atoms with Crippen molar-refractivity contribution in [1.82, 2.24) is 0 Å². The number of anilines is 1. The summed E-state index contributed by atoms with van der Waals surface area (Å²) in [7, 11) is 0. The summed E-state index contributed by atoms with van der Waals surface area (Å²) in [5.74, 6) is -1.78. The number of benzene rings is 1. The molecule has 1 aromatic carbocycles. The van der Waals surface area contributed by atoms with E-state index in [0.29, 0.717) is 6.07 Å². The molecular weight excluding hydrogens is 287 g/mol. The summed E-state index contributed by atoms with van der Waals surface area (Å²) < 4.78 is 37.1. The first-order valence-electron chi connectivity index (χ1n) is 5.08. The van der Waals surface area contributed by atoms with Crippen molar-refractivity contribution in [3.05, 3.63) is 28.8 Å². The normalized spacial score (nSPS) is 11.2. The zero-order valence-electron chi connectivity index (χ0n) is 9.42. The molecule has 0 aliphatic rings. The molecule has 1 rings (SSSR count).